The number of hydrogen-bond donors (Lipinski definition) is 3. The summed E-state index contributed by atoms with van der Waals surface area (Å²) < 4.78 is 4.12. The minimum absolute atomic E-state index is 0.125. The van der Waals surface area contributed by atoms with Gasteiger partial charge in [0.1, 0.15) is 6.10 Å². The predicted molar refractivity (Wildman–Crippen MR) is 37.9 cm³/mol. The molecule has 0 aromatic heterocycles. The van der Waals surface area contributed by atoms with Crippen molar-refractivity contribution in [3.8, 4) is 0 Å². The lowest BCUT2D eigenvalue weighted by atomic mass is 10.4. The zero-order valence-corrected chi connectivity index (χ0v) is 6.65. The number of esters is 1. The van der Waals surface area contributed by atoms with Crippen molar-refractivity contribution in [3.63, 3.8) is 0 Å². The van der Waals surface area contributed by atoms with Gasteiger partial charge in [0.15, 0.2) is 0 Å². The zero-order valence-electron chi connectivity index (χ0n) is 6.65. The fraction of sp³-hybridized carbons (Fsp3) is 0.833. The highest BCUT2D eigenvalue weighted by atomic mass is 16.5. The predicted octanol–water partition coefficient (Wildman–Crippen LogP) is -1.49. The van der Waals surface area contributed by atoms with Crippen molar-refractivity contribution in [3.05, 3.63) is 0 Å². The summed E-state index contributed by atoms with van der Waals surface area (Å²) in [4.78, 5) is 10.0. The van der Waals surface area contributed by atoms with Gasteiger partial charge in [-0.05, 0) is 6.92 Å². The van der Waals surface area contributed by atoms with Crippen molar-refractivity contribution in [1.82, 2.24) is 0 Å². The minimum Gasteiger partial charge on any atom is -0.467 e. The Kier molecular flexibility index (Phi) is 11.0. The van der Waals surface area contributed by atoms with Crippen LogP contribution in [0, 0.1) is 0 Å². The number of carbonyl (C=O) groups is 1. The molecular weight excluding hydrogens is 152 g/mol. The third kappa shape index (κ3) is 12.5. The molecule has 0 aliphatic carbocycles. The summed E-state index contributed by atoms with van der Waals surface area (Å²) in [5.41, 5.74) is 0. The second-order valence-electron chi connectivity index (χ2n) is 1.65. The summed E-state index contributed by atoms with van der Waals surface area (Å²) in [5, 5.41) is 23.6. The van der Waals surface area contributed by atoms with Crippen LogP contribution in [0.4, 0.5) is 0 Å². The second-order valence-corrected chi connectivity index (χ2v) is 1.65. The minimum atomic E-state index is -0.995. The van der Waals surface area contributed by atoms with E-state index in [4.69, 9.17) is 15.3 Å². The molecule has 0 heterocycles. The number of aliphatic hydroxyl groups is 3. The first-order valence-corrected chi connectivity index (χ1v) is 3.07. The Bertz CT molecular complexity index is 89.0. The summed E-state index contributed by atoms with van der Waals surface area (Å²) >= 11 is 0. The molecule has 0 saturated heterocycles. The molecule has 0 bridgehead atoms. The molecule has 5 nitrogen and oxygen atoms in total. The molecule has 1 atom stereocenters. The zero-order chi connectivity index (χ0) is 9.28. The summed E-state index contributed by atoms with van der Waals surface area (Å²) in [6.07, 6.45) is -0.995. The maximum Gasteiger partial charge on any atom is 0.334 e. The van der Waals surface area contributed by atoms with Crippen LogP contribution in [-0.2, 0) is 9.53 Å². The lowest BCUT2D eigenvalue weighted by Crippen LogP contribution is -2.16. The van der Waals surface area contributed by atoms with Gasteiger partial charge in [0.05, 0.1) is 20.3 Å². The van der Waals surface area contributed by atoms with Gasteiger partial charge in [0.2, 0.25) is 0 Å². The Balaban J connectivity index is 0. The molecule has 68 valence electrons. The third-order valence-electron chi connectivity index (χ3n) is 0.642. The molecule has 11 heavy (non-hydrogen) atoms. The highest BCUT2D eigenvalue weighted by Gasteiger charge is 2.05. The largest absolute Gasteiger partial charge is 0.467 e. The molecule has 0 fully saturated rings. The SMILES string of the molecule is COC(=O)C(C)O.OCCO. The average Bonchev–Trinajstić information content (AvgIpc) is 2.03. The third-order valence-corrected chi connectivity index (χ3v) is 0.642. The van der Waals surface area contributed by atoms with Crippen molar-refractivity contribution in [2.24, 2.45) is 0 Å². The van der Waals surface area contributed by atoms with Crippen LogP contribution >= 0.6 is 0 Å². The van der Waals surface area contributed by atoms with E-state index >= 15 is 0 Å². The average molecular weight is 166 g/mol. The van der Waals surface area contributed by atoms with Gasteiger partial charge in [-0.15, -0.1) is 0 Å². The lowest BCUT2D eigenvalue weighted by Gasteiger charge is -1.97. The van der Waals surface area contributed by atoms with E-state index in [0.717, 1.165) is 0 Å². The molecule has 0 aromatic carbocycles. The van der Waals surface area contributed by atoms with E-state index < -0.39 is 12.1 Å². The molecular formula is C6H14O5. The number of ether oxygens (including phenoxy) is 1. The number of rotatable bonds is 2. The molecule has 0 amide bonds. The standard InChI is InChI=1S/C4H8O3.C2H6O2/c1-3(5)4(6)7-2;3-1-2-4/h3,5H,1-2H3;3-4H,1-2H2. The lowest BCUT2D eigenvalue weighted by molar-refractivity contribution is -0.149. The van der Waals surface area contributed by atoms with Crippen LogP contribution in [0.5, 0.6) is 0 Å². The van der Waals surface area contributed by atoms with Crippen LogP contribution < -0.4 is 0 Å². The molecule has 0 aromatic rings. The first-order chi connectivity index (χ1) is 5.09. The number of aliphatic hydroxyl groups excluding tert-OH is 3. The molecule has 0 aliphatic rings. The Labute approximate surface area is 65.2 Å². The van der Waals surface area contributed by atoms with E-state index in [2.05, 4.69) is 4.74 Å². The summed E-state index contributed by atoms with van der Waals surface area (Å²) in [5.74, 6) is -0.597. The molecule has 0 radical (unpaired) electrons. The van der Waals surface area contributed by atoms with E-state index in [1.807, 2.05) is 0 Å². The van der Waals surface area contributed by atoms with Gasteiger partial charge in [0, 0.05) is 0 Å². The quantitative estimate of drug-likeness (QED) is 0.435. The van der Waals surface area contributed by atoms with E-state index in [-0.39, 0.29) is 13.2 Å². The second kappa shape index (κ2) is 9.35. The van der Waals surface area contributed by atoms with Gasteiger partial charge in [-0.3, -0.25) is 0 Å². The van der Waals surface area contributed by atoms with Gasteiger partial charge in [-0.2, -0.15) is 0 Å². The van der Waals surface area contributed by atoms with Crippen LogP contribution in [0.25, 0.3) is 0 Å². The smallest absolute Gasteiger partial charge is 0.334 e. The van der Waals surface area contributed by atoms with Crippen molar-refractivity contribution >= 4 is 5.97 Å². The van der Waals surface area contributed by atoms with E-state index in [9.17, 15) is 4.79 Å². The van der Waals surface area contributed by atoms with E-state index in [1.165, 1.54) is 14.0 Å². The Hall–Kier alpha value is -0.650. The molecule has 0 saturated carbocycles. The highest BCUT2D eigenvalue weighted by molar-refractivity contribution is 5.73. The highest BCUT2D eigenvalue weighted by Crippen LogP contribution is 1.80. The number of methoxy groups -OCH3 is 1. The molecule has 0 rings (SSSR count). The summed E-state index contributed by atoms with van der Waals surface area (Å²) in [7, 11) is 1.23. The van der Waals surface area contributed by atoms with Crippen LogP contribution in [0.3, 0.4) is 0 Å². The summed E-state index contributed by atoms with van der Waals surface area (Å²) in [6, 6.07) is 0. The molecule has 0 spiro atoms. The van der Waals surface area contributed by atoms with Crippen LogP contribution in [0.2, 0.25) is 0 Å². The number of carbonyl (C=O) groups excluding carboxylic acids is 1. The molecule has 5 heteroatoms. The van der Waals surface area contributed by atoms with Crippen molar-refractivity contribution in [1.29, 1.82) is 0 Å². The fourth-order valence-corrected chi connectivity index (χ4v) is 0.171. The Morgan fingerprint density at radius 1 is 1.45 bits per heavy atom. The first kappa shape index (κ1) is 13.0. The Morgan fingerprint density at radius 2 is 1.82 bits per heavy atom. The van der Waals surface area contributed by atoms with Gasteiger partial charge in [-0.1, -0.05) is 0 Å². The number of hydrogen-bond acceptors (Lipinski definition) is 5. The first-order valence-electron chi connectivity index (χ1n) is 3.07. The van der Waals surface area contributed by atoms with E-state index in [0.29, 0.717) is 0 Å². The maximum atomic E-state index is 10.0. The monoisotopic (exact) mass is 166 g/mol. The van der Waals surface area contributed by atoms with Crippen LogP contribution in [-0.4, -0.2) is 47.7 Å². The van der Waals surface area contributed by atoms with E-state index in [1.54, 1.807) is 0 Å². The fourth-order valence-electron chi connectivity index (χ4n) is 0.171. The van der Waals surface area contributed by atoms with Gasteiger partial charge >= 0.3 is 5.97 Å². The normalized spacial score (nSPS) is 11.0. The molecule has 3 N–H and O–H groups in total. The Morgan fingerprint density at radius 3 is 1.82 bits per heavy atom. The van der Waals surface area contributed by atoms with Crippen molar-refractivity contribution < 1.29 is 24.9 Å². The molecule has 1 unspecified atom stereocenters. The van der Waals surface area contributed by atoms with Gasteiger partial charge < -0.3 is 20.1 Å². The maximum absolute atomic E-state index is 10.0. The van der Waals surface area contributed by atoms with Gasteiger partial charge in [0.25, 0.3) is 0 Å². The topological polar surface area (TPSA) is 87.0 Å². The summed E-state index contributed by atoms with van der Waals surface area (Å²) in [6.45, 7) is 1.10. The van der Waals surface area contributed by atoms with Crippen LogP contribution in [0.15, 0.2) is 0 Å². The van der Waals surface area contributed by atoms with Crippen LogP contribution in [0.1, 0.15) is 6.92 Å². The van der Waals surface area contributed by atoms with Crippen molar-refractivity contribution in [2.45, 2.75) is 13.0 Å². The van der Waals surface area contributed by atoms with Crippen molar-refractivity contribution in [2.75, 3.05) is 20.3 Å². The molecule has 0 aliphatic heterocycles. The van der Waals surface area contributed by atoms with Gasteiger partial charge in [-0.25, -0.2) is 4.79 Å².